The van der Waals surface area contributed by atoms with Crippen LogP contribution in [-0.4, -0.2) is 62.9 Å². The summed E-state index contributed by atoms with van der Waals surface area (Å²) in [4.78, 5) is 34.0. The zero-order valence-electron chi connectivity index (χ0n) is 19.1. The molecule has 1 aliphatic rings. The molecular formula is C25H31N3O4. The third-order valence-corrected chi connectivity index (χ3v) is 6.18. The van der Waals surface area contributed by atoms with Gasteiger partial charge in [0.1, 0.15) is 11.5 Å². The van der Waals surface area contributed by atoms with Crippen molar-refractivity contribution in [2.75, 3.05) is 26.2 Å². The minimum Gasteiger partial charge on any atom is -0.507 e. The fourth-order valence-corrected chi connectivity index (χ4v) is 4.14. The number of likely N-dealkylation sites (tertiary alicyclic amines) is 1. The number of aliphatic hydroxyl groups is 1. The quantitative estimate of drug-likeness (QED) is 0.373. The molecule has 7 nitrogen and oxygen atoms in total. The van der Waals surface area contributed by atoms with Gasteiger partial charge in [0.15, 0.2) is 0 Å². The molecule has 1 unspecified atom stereocenters. The molecule has 2 N–H and O–H groups in total. The van der Waals surface area contributed by atoms with Crippen LogP contribution in [0.5, 0.6) is 5.75 Å². The third-order valence-electron chi connectivity index (χ3n) is 6.18. The number of phenolic OH excluding ortho intramolecular Hbond substituents is 1. The van der Waals surface area contributed by atoms with Crippen molar-refractivity contribution >= 4 is 17.4 Å². The lowest BCUT2D eigenvalue weighted by molar-refractivity contribution is -0.140. The van der Waals surface area contributed by atoms with Gasteiger partial charge in [-0.25, -0.2) is 0 Å². The smallest absolute Gasteiger partial charge is 0.295 e. The number of aryl methyl sites for hydroxylation is 2. The summed E-state index contributed by atoms with van der Waals surface area (Å²) >= 11 is 0. The number of hydrogen-bond donors (Lipinski definition) is 2. The molecule has 0 saturated carbocycles. The van der Waals surface area contributed by atoms with E-state index in [1.54, 1.807) is 36.7 Å². The molecule has 1 aromatic heterocycles. The van der Waals surface area contributed by atoms with Gasteiger partial charge in [0, 0.05) is 18.9 Å². The Morgan fingerprint density at radius 2 is 1.84 bits per heavy atom. The minimum atomic E-state index is -0.763. The lowest BCUT2D eigenvalue weighted by Gasteiger charge is -2.26. The minimum absolute atomic E-state index is 0.0237. The molecule has 1 saturated heterocycles. The van der Waals surface area contributed by atoms with Crippen molar-refractivity contribution in [1.29, 1.82) is 0 Å². The standard InChI is InChI=1S/C25H31N3O4/c1-5-27(6-2)11-8-12-28-22(18-9-7-10-26-15-18)21(24(31)25(28)32)23(30)19-13-16(3)17(4)14-20(19)29/h7,9-10,13-15,22,29-30H,5-6,8,11-12H2,1-4H3/b23-21-. The molecular weight excluding hydrogens is 406 g/mol. The molecule has 3 rings (SSSR count). The van der Waals surface area contributed by atoms with Gasteiger partial charge in [-0.15, -0.1) is 0 Å². The van der Waals surface area contributed by atoms with Crippen molar-refractivity contribution in [3.05, 3.63) is 64.5 Å². The second-order valence-electron chi connectivity index (χ2n) is 8.11. The molecule has 2 aromatic rings. The van der Waals surface area contributed by atoms with Crippen molar-refractivity contribution in [1.82, 2.24) is 14.8 Å². The lowest BCUT2D eigenvalue weighted by atomic mass is 9.94. The number of pyridine rings is 1. The molecule has 1 fully saturated rings. The molecule has 7 heteroatoms. The topological polar surface area (TPSA) is 94.0 Å². The second-order valence-corrected chi connectivity index (χ2v) is 8.11. The highest BCUT2D eigenvalue weighted by molar-refractivity contribution is 6.46. The van der Waals surface area contributed by atoms with Crippen LogP contribution >= 0.6 is 0 Å². The van der Waals surface area contributed by atoms with E-state index in [1.807, 2.05) is 13.8 Å². The van der Waals surface area contributed by atoms with Gasteiger partial charge in [0.25, 0.3) is 11.7 Å². The van der Waals surface area contributed by atoms with Crippen LogP contribution < -0.4 is 0 Å². The monoisotopic (exact) mass is 437 g/mol. The molecule has 32 heavy (non-hydrogen) atoms. The first-order valence-corrected chi connectivity index (χ1v) is 11.0. The fourth-order valence-electron chi connectivity index (χ4n) is 4.14. The average Bonchev–Trinajstić information content (AvgIpc) is 3.04. The summed E-state index contributed by atoms with van der Waals surface area (Å²) < 4.78 is 0. The highest BCUT2D eigenvalue weighted by Crippen LogP contribution is 2.41. The number of carbonyl (C=O) groups is 2. The zero-order chi connectivity index (χ0) is 23.4. The van der Waals surface area contributed by atoms with Gasteiger partial charge in [0.2, 0.25) is 0 Å². The van der Waals surface area contributed by atoms with Gasteiger partial charge < -0.3 is 20.0 Å². The zero-order valence-corrected chi connectivity index (χ0v) is 19.1. The summed E-state index contributed by atoms with van der Waals surface area (Å²) in [5, 5.41) is 21.6. The number of rotatable bonds is 8. The number of Topliss-reactive ketones (excluding diaryl/α,β-unsaturated/α-hetero) is 1. The van der Waals surface area contributed by atoms with Crippen LogP contribution in [0.2, 0.25) is 0 Å². The molecule has 170 valence electrons. The Hall–Kier alpha value is -3.19. The molecule has 1 aromatic carbocycles. The van der Waals surface area contributed by atoms with Crippen LogP contribution in [-0.2, 0) is 9.59 Å². The highest BCUT2D eigenvalue weighted by atomic mass is 16.3. The summed E-state index contributed by atoms with van der Waals surface area (Å²) in [5.74, 6) is -1.91. The molecule has 0 aliphatic carbocycles. The molecule has 0 radical (unpaired) electrons. The van der Waals surface area contributed by atoms with Crippen LogP contribution in [0.15, 0.2) is 42.2 Å². The Morgan fingerprint density at radius 1 is 1.16 bits per heavy atom. The number of carbonyl (C=O) groups excluding carboxylic acids is 2. The Kier molecular flexibility index (Phi) is 7.30. The first-order valence-electron chi connectivity index (χ1n) is 11.0. The number of amides is 1. The number of nitrogens with zero attached hydrogens (tertiary/aromatic N) is 3. The third kappa shape index (κ3) is 4.53. The van der Waals surface area contributed by atoms with E-state index in [-0.39, 0.29) is 22.6 Å². The average molecular weight is 438 g/mol. The van der Waals surface area contributed by atoms with Gasteiger partial charge in [-0.1, -0.05) is 19.9 Å². The fraction of sp³-hybridized carbons (Fsp3) is 0.400. The number of ketones is 1. The predicted octanol–water partition coefficient (Wildman–Crippen LogP) is 3.56. The summed E-state index contributed by atoms with van der Waals surface area (Å²) in [7, 11) is 0. The van der Waals surface area contributed by atoms with Crippen LogP contribution in [0, 0.1) is 13.8 Å². The van der Waals surface area contributed by atoms with E-state index < -0.39 is 17.7 Å². The van der Waals surface area contributed by atoms with E-state index in [4.69, 9.17) is 0 Å². The summed E-state index contributed by atoms with van der Waals surface area (Å²) in [6.07, 6.45) is 3.91. The van der Waals surface area contributed by atoms with E-state index in [2.05, 4.69) is 23.7 Å². The van der Waals surface area contributed by atoms with E-state index in [0.29, 0.717) is 18.5 Å². The maximum atomic E-state index is 13.1. The van der Waals surface area contributed by atoms with Gasteiger partial charge in [0.05, 0.1) is 17.2 Å². The van der Waals surface area contributed by atoms with Crippen LogP contribution in [0.25, 0.3) is 5.76 Å². The van der Waals surface area contributed by atoms with Crippen molar-refractivity contribution in [2.24, 2.45) is 0 Å². The number of aromatic hydroxyl groups is 1. The van der Waals surface area contributed by atoms with Crippen molar-refractivity contribution < 1.29 is 19.8 Å². The molecule has 0 spiro atoms. The summed E-state index contributed by atoms with van der Waals surface area (Å²) in [5.41, 5.74) is 2.47. The van der Waals surface area contributed by atoms with Crippen molar-refractivity contribution in [3.8, 4) is 5.75 Å². The second kappa shape index (κ2) is 9.96. The first kappa shape index (κ1) is 23.5. The molecule has 2 heterocycles. The number of aromatic nitrogens is 1. The SMILES string of the molecule is CCN(CC)CCCN1C(=O)C(=O)/C(=C(\O)c2cc(C)c(C)cc2O)C1c1cccnc1. The van der Waals surface area contributed by atoms with Crippen molar-refractivity contribution in [3.63, 3.8) is 0 Å². The molecule has 0 bridgehead atoms. The number of aliphatic hydroxyl groups excluding tert-OH is 1. The van der Waals surface area contributed by atoms with E-state index in [9.17, 15) is 19.8 Å². The lowest BCUT2D eigenvalue weighted by Crippen LogP contribution is -2.33. The predicted molar refractivity (Wildman–Crippen MR) is 123 cm³/mol. The Bertz CT molecular complexity index is 1030. The Balaban J connectivity index is 2.06. The molecule has 1 aliphatic heterocycles. The number of phenols is 1. The Morgan fingerprint density at radius 3 is 2.47 bits per heavy atom. The highest BCUT2D eigenvalue weighted by Gasteiger charge is 2.46. The van der Waals surface area contributed by atoms with Gasteiger partial charge in [-0.2, -0.15) is 0 Å². The normalized spacial score (nSPS) is 18.0. The summed E-state index contributed by atoms with van der Waals surface area (Å²) in [6, 6.07) is 5.94. The van der Waals surface area contributed by atoms with E-state index >= 15 is 0 Å². The number of benzene rings is 1. The maximum absolute atomic E-state index is 13.1. The van der Waals surface area contributed by atoms with E-state index in [0.717, 1.165) is 30.8 Å². The molecule has 1 atom stereocenters. The Labute approximate surface area is 189 Å². The van der Waals surface area contributed by atoms with E-state index in [1.165, 1.54) is 4.90 Å². The molecule has 1 amide bonds. The van der Waals surface area contributed by atoms with Crippen LogP contribution in [0.4, 0.5) is 0 Å². The number of hydrogen-bond acceptors (Lipinski definition) is 6. The maximum Gasteiger partial charge on any atom is 0.295 e. The van der Waals surface area contributed by atoms with Gasteiger partial charge in [-0.05, 0) is 74.8 Å². The van der Waals surface area contributed by atoms with Gasteiger partial charge in [-0.3, -0.25) is 14.6 Å². The van der Waals surface area contributed by atoms with Crippen molar-refractivity contribution in [2.45, 2.75) is 40.2 Å². The van der Waals surface area contributed by atoms with Crippen LogP contribution in [0.3, 0.4) is 0 Å². The largest absolute Gasteiger partial charge is 0.507 e. The first-order chi connectivity index (χ1) is 15.3. The summed E-state index contributed by atoms with van der Waals surface area (Å²) in [6.45, 7) is 10.9. The van der Waals surface area contributed by atoms with Gasteiger partial charge >= 0.3 is 0 Å². The van der Waals surface area contributed by atoms with Crippen LogP contribution in [0.1, 0.15) is 48.6 Å².